The normalized spacial score (nSPS) is 12.6. The average molecular weight is 460 g/mol. The summed E-state index contributed by atoms with van der Waals surface area (Å²) < 4.78 is 1.30. The van der Waals surface area contributed by atoms with Crippen LogP contribution in [-0.4, -0.2) is 25.2 Å². The minimum atomic E-state index is -1.89. The number of para-hydroxylation sites is 1. The fraction of sp³-hybridized carbons (Fsp3) is 0.222. The molecule has 0 aliphatic rings. The van der Waals surface area contributed by atoms with Crippen LogP contribution >= 0.6 is 46.1 Å². The van der Waals surface area contributed by atoms with Crippen LogP contribution in [0.4, 0.5) is 5.69 Å². The van der Waals surface area contributed by atoms with Crippen molar-refractivity contribution in [2.24, 2.45) is 7.05 Å². The molecular formula is C18H17Cl3N4O2S. The van der Waals surface area contributed by atoms with Gasteiger partial charge in [-0.05, 0) is 30.5 Å². The third-order valence-corrected chi connectivity index (χ3v) is 5.71. The van der Waals surface area contributed by atoms with E-state index in [1.165, 1.54) is 16.0 Å². The fourth-order valence-electron chi connectivity index (χ4n) is 2.69. The van der Waals surface area contributed by atoms with Crippen molar-refractivity contribution in [3.05, 3.63) is 68.8 Å². The molecule has 1 atom stereocenters. The highest BCUT2D eigenvalue weighted by molar-refractivity contribution is 7.12. The molecule has 28 heavy (non-hydrogen) atoms. The summed E-state index contributed by atoms with van der Waals surface area (Å²) in [4.78, 5) is 25.9. The molecule has 0 spiro atoms. The molecule has 0 fully saturated rings. The van der Waals surface area contributed by atoms with Crippen molar-refractivity contribution in [1.29, 1.82) is 0 Å². The Balaban J connectivity index is 1.96. The molecule has 6 nitrogen and oxygen atoms in total. The molecule has 3 aromatic rings. The van der Waals surface area contributed by atoms with Gasteiger partial charge in [-0.2, -0.15) is 0 Å². The second kappa shape index (κ2) is 8.21. The largest absolute Gasteiger partial charge is 0.356 e. The molecule has 2 aromatic heterocycles. The van der Waals surface area contributed by atoms with Crippen LogP contribution in [0.3, 0.4) is 0 Å². The summed E-state index contributed by atoms with van der Waals surface area (Å²) in [6, 6.07) is 12.6. The molecule has 1 amide bonds. The monoisotopic (exact) mass is 458 g/mol. The number of alkyl halides is 3. The van der Waals surface area contributed by atoms with Gasteiger partial charge in [-0.25, -0.2) is 4.68 Å². The highest BCUT2D eigenvalue weighted by Crippen LogP contribution is 2.31. The van der Waals surface area contributed by atoms with E-state index < -0.39 is 15.9 Å². The smallest absolute Gasteiger partial charge is 0.295 e. The number of hydrogen-bond acceptors (Lipinski definition) is 4. The topological polar surface area (TPSA) is 68.1 Å². The predicted molar refractivity (Wildman–Crippen MR) is 115 cm³/mol. The molecule has 0 aliphatic heterocycles. The summed E-state index contributed by atoms with van der Waals surface area (Å²) in [5, 5.41) is 7.31. The summed E-state index contributed by atoms with van der Waals surface area (Å²) in [7, 11) is 1.75. The number of nitrogens with one attached hydrogen (secondary N) is 2. The van der Waals surface area contributed by atoms with Crippen molar-refractivity contribution in [1.82, 2.24) is 14.7 Å². The first kappa shape index (κ1) is 20.8. The Morgan fingerprint density at radius 2 is 1.82 bits per heavy atom. The molecule has 0 saturated carbocycles. The second-order valence-corrected chi connectivity index (χ2v) is 9.32. The van der Waals surface area contributed by atoms with E-state index in [4.69, 9.17) is 34.8 Å². The van der Waals surface area contributed by atoms with E-state index in [1.807, 2.05) is 30.3 Å². The van der Waals surface area contributed by atoms with Crippen LogP contribution in [0.5, 0.6) is 0 Å². The van der Waals surface area contributed by atoms with E-state index in [0.29, 0.717) is 16.3 Å². The Bertz CT molecular complexity index is 1020. The maximum atomic E-state index is 13.0. The van der Waals surface area contributed by atoms with E-state index in [2.05, 4.69) is 10.6 Å². The molecule has 1 unspecified atom stereocenters. The van der Waals surface area contributed by atoms with Gasteiger partial charge >= 0.3 is 0 Å². The number of nitrogens with zero attached hydrogens (tertiary/aromatic N) is 2. The lowest BCUT2D eigenvalue weighted by Crippen LogP contribution is -2.49. The Hall–Kier alpha value is -1.93. The van der Waals surface area contributed by atoms with Crippen LogP contribution in [0, 0.1) is 6.92 Å². The first-order valence-electron chi connectivity index (χ1n) is 8.22. The minimum absolute atomic E-state index is 0.231. The third-order valence-electron chi connectivity index (χ3n) is 4.19. The Morgan fingerprint density at radius 1 is 1.14 bits per heavy atom. The number of halogens is 3. The van der Waals surface area contributed by atoms with E-state index in [1.54, 1.807) is 36.2 Å². The summed E-state index contributed by atoms with van der Waals surface area (Å²) in [6.07, 6.45) is -1.12. The third kappa shape index (κ3) is 4.22. The van der Waals surface area contributed by atoms with Gasteiger partial charge in [0.15, 0.2) is 0 Å². The average Bonchev–Trinajstić information content (AvgIpc) is 3.25. The highest BCUT2D eigenvalue weighted by atomic mass is 35.6. The number of benzene rings is 1. The van der Waals surface area contributed by atoms with Gasteiger partial charge in [0.05, 0.1) is 16.3 Å². The van der Waals surface area contributed by atoms with Crippen LogP contribution in [0.2, 0.25) is 0 Å². The maximum Gasteiger partial charge on any atom is 0.295 e. The van der Waals surface area contributed by atoms with Crippen LogP contribution in [0.1, 0.15) is 15.4 Å². The van der Waals surface area contributed by atoms with Crippen molar-refractivity contribution in [2.75, 3.05) is 5.32 Å². The maximum absolute atomic E-state index is 13.0. The van der Waals surface area contributed by atoms with Crippen LogP contribution in [0.15, 0.2) is 52.6 Å². The summed E-state index contributed by atoms with van der Waals surface area (Å²) in [5.41, 5.74) is 1.22. The number of amides is 1. The quantitative estimate of drug-likeness (QED) is 0.446. The van der Waals surface area contributed by atoms with E-state index in [9.17, 15) is 9.59 Å². The SMILES string of the molecule is Cc1c(NC(NC(=O)c2cccs2)C(Cl)(Cl)Cl)c(=O)n(-c2ccccc2)n1C. The summed E-state index contributed by atoms with van der Waals surface area (Å²) in [5.74, 6) is -0.407. The molecule has 0 aliphatic carbocycles. The van der Waals surface area contributed by atoms with Gasteiger partial charge in [0, 0.05) is 7.05 Å². The predicted octanol–water partition coefficient (Wildman–Crippen LogP) is 4.08. The Labute approximate surface area is 180 Å². The van der Waals surface area contributed by atoms with Crippen molar-refractivity contribution >= 4 is 57.7 Å². The first-order valence-corrected chi connectivity index (χ1v) is 10.2. The number of rotatable bonds is 5. The van der Waals surface area contributed by atoms with Gasteiger partial charge in [0.25, 0.3) is 11.5 Å². The lowest BCUT2D eigenvalue weighted by Gasteiger charge is -2.26. The van der Waals surface area contributed by atoms with Crippen LogP contribution < -0.4 is 16.2 Å². The molecule has 148 valence electrons. The molecule has 1 aromatic carbocycles. The van der Waals surface area contributed by atoms with E-state index in [-0.39, 0.29) is 11.2 Å². The van der Waals surface area contributed by atoms with E-state index in [0.717, 1.165) is 0 Å². The molecule has 0 bridgehead atoms. The van der Waals surface area contributed by atoms with Gasteiger partial charge in [-0.3, -0.25) is 14.3 Å². The molecular weight excluding hydrogens is 443 g/mol. The zero-order chi connectivity index (χ0) is 20.5. The first-order chi connectivity index (χ1) is 13.2. The Morgan fingerprint density at radius 3 is 2.39 bits per heavy atom. The van der Waals surface area contributed by atoms with Gasteiger partial charge in [-0.15, -0.1) is 11.3 Å². The number of carbonyl (C=O) groups is 1. The minimum Gasteiger partial charge on any atom is -0.356 e. The molecule has 2 heterocycles. The van der Waals surface area contributed by atoms with Gasteiger partial charge < -0.3 is 10.6 Å². The number of thiophene rings is 1. The van der Waals surface area contributed by atoms with E-state index >= 15 is 0 Å². The number of aromatic nitrogens is 2. The zero-order valence-electron chi connectivity index (χ0n) is 14.9. The summed E-state index contributed by atoms with van der Waals surface area (Å²) in [6.45, 7) is 1.76. The van der Waals surface area contributed by atoms with Crippen LogP contribution in [0.25, 0.3) is 5.69 Å². The Kier molecular flexibility index (Phi) is 6.09. The van der Waals surface area contributed by atoms with Gasteiger partial charge in [0.1, 0.15) is 11.9 Å². The molecule has 10 heteroatoms. The van der Waals surface area contributed by atoms with Gasteiger partial charge in [0.2, 0.25) is 3.79 Å². The second-order valence-electron chi connectivity index (χ2n) is 6.01. The van der Waals surface area contributed by atoms with Crippen LogP contribution in [-0.2, 0) is 7.05 Å². The van der Waals surface area contributed by atoms with Crippen molar-refractivity contribution in [3.63, 3.8) is 0 Å². The standard InChI is InChI=1S/C18H17Cl3N4O2S/c1-11-14(16(27)25(24(11)2)12-7-4-3-5-8-12)22-17(18(19,20)21)23-15(26)13-9-6-10-28-13/h3-10,17,22H,1-2H3,(H,23,26). The molecule has 0 saturated heterocycles. The number of carbonyl (C=O) groups excluding carboxylic acids is 1. The zero-order valence-corrected chi connectivity index (χ0v) is 18.0. The fourth-order valence-corrected chi connectivity index (χ4v) is 3.64. The lowest BCUT2D eigenvalue weighted by molar-refractivity contribution is 0.0946. The highest BCUT2D eigenvalue weighted by Gasteiger charge is 2.36. The lowest BCUT2D eigenvalue weighted by atomic mass is 10.3. The van der Waals surface area contributed by atoms with Crippen molar-refractivity contribution in [3.8, 4) is 5.69 Å². The number of hydrogen-bond donors (Lipinski definition) is 2. The van der Waals surface area contributed by atoms with Gasteiger partial charge in [-0.1, -0.05) is 59.1 Å². The van der Waals surface area contributed by atoms with Crippen molar-refractivity contribution < 1.29 is 4.79 Å². The molecule has 2 N–H and O–H groups in total. The summed E-state index contributed by atoms with van der Waals surface area (Å²) >= 11 is 19.5. The number of anilines is 1. The van der Waals surface area contributed by atoms with Crippen molar-refractivity contribution in [2.45, 2.75) is 16.9 Å². The molecule has 3 rings (SSSR count). The molecule has 0 radical (unpaired) electrons.